The van der Waals surface area contributed by atoms with Crippen LogP contribution in [0.25, 0.3) is 22.6 Å². The number of halogens is 1. The Morgan fingerprint density at radius 1 is 1.00 bits per heavy atom. The van der Waals surface area contributed by atoms with Crippen LogP contribution in [0.3, 0.4) is 0 Å². The molecule has 0 aliphatic heterocycles. The van der Waals surface area contributed by atoms with Gasteiger partial charge in [-0.3, -0.25) is 4.79 Å². The number of rotatable bonds is 4. The summed E-state index contributed by atoms with van der Waals surface area (Å²) >= 11 is 0. The number of hydrogen-bond acceptors (Lipinski definition) is 4. The third-order valence-electron chi connectivity index (χ3n) is 3.90. The Bertz CT molecular complexity index is 1070. The fourth-order valence-electron chi connectivity index (χ4n) is 2.64. The smallest absolute Gasteiger partial charge is 0.315 e. The van der Waals surface area contributed by atoms with E-state index >= 15 is 0 Å². The van der Waals surface area contributed by atoms with Crippen molar-refractivity contribution in [2.24, 2.45) is 0 Å². The molecule has 0 atom stereocenters. The van der Waals surface area contributed by atoms with Gasteiger partial charge in [-0.2, -0.15) is 0 Å². The molecule has 0 amide bonds. The molecule has 5 heteroatoms. The first-order valence-corrected chi connectivity index (χ1v) is 8.09. The molecule has 0 saturated carbocycles. The SMILES string of the molecule is O=C(Cc1ccccc1F)Oc1ccc2nc(-c3ccccc3)oc2c1. The summed E-state index contributed by atoms with van der Waals surface area (Å²) in [6.45, 7) is 0. The first-order chi connectivity index (χ1) is 12.7. The Morgan fingerprint density at radius 3 is 2.58 bits per heavy atom. The zero-order valence-electron chi connectivity index (χ0n) is 13.7. The van der Waals surface area contributed by atoms with Gasteiger partial charge in [0.15, 0.2) is 5.58 Å². The summed E-state index contributed by atoms with van der Waals surface area (Å²) in [7, 11) is 0. The highest BCUT2D eigenvalue weighted by molar-refractivity contribution is 5.80. The molecule has 0 fully saturated rings. The average Bonchev–Trinajstić information content (AvgIpc) is 3.08. The predicted molar refractivity (Wildman–Crippen MR) is 95.2 cm³/mol. The van der Waals surface area contributed by atoms with Gasteiger partial charge in [0.05, 0.1) is 6.42 Å². The van der Waals surface area contributed by atoms with Gasteiger partial charge >= 0.3 is 5.97 Å². The zero-order valence-corrected chi connectivity index (χ0v) is 13.7. The van der Waals surface area contributed by atoms with E-state index in [2.05, 4.69) is 4.98 Å². The van der Waals surface area contributed by atoms with Crippen LogP contribution in [0.1, 0.15) is 5.56 Å². The van der Waals surface area contributed by atoms with Gasteiger partial charge in [0.1, 0.15) is 17.1 Å². The summed E-state index contributed by atoms with van der Waals surface area (Å²) in [6.07, 6.45) is -0.142. The Morgan fingerprint density at radius 2 is 1.77 bits per heavy atom. The molecular weight excluding hydrogens is 333 g/mol. The van der Waals surface area contributed by atoms with Crippen LogP contribution in [-0.2, 0) is 11.2 Å². The number of benzene rings is 3. The number of hydrogen-bond donors (Lipinski definition) is 0. The molecule has 0 unspecified atom stereocenters. The summed E-state index contributed by atoms with van der Waals surface area (Å²) in [5, 5.41) is 0. The van der Waals surface area contributed by atoms with Gasteiger partial charge in [-0.05, 0) is 35.9 Å². The van der Waals surface area contributed by atoms with Crippen LogP contribution in [0.4, 0.5) is 4.39 Å². The van der Waals surface area contributed by atoms with Crippen molar-refractivity contribution in [1.29, 1.82) is 0 Å². The number of aromatic nitrogens is 1. The molecule has 0 spiro atoms. The third-order valence-corrected chi connectivity index (χ3v) is 3.90. The molecule has 1 heterocycles. The lowest BCUT2D eigenvalue weighted by atomic mass is 10.1. The maximum atomic E-state index is 13.6. The Balaban J connectivity index is 1.54. The number of fused-ring (bicyclic) bond motifs is 1. The highest BCUT2D eigenvalue weighted by Gasteiger charge is 2.13. The Labute approximate surface area is 148 Å². The first-order valence-electron chi connectivity index (χ1n) is 8.09. The van der Waals surface area contributed by atoms with E-state index in [1.165, 1.54) is 6.07 Å². The number of carbonyl (C=O) groups is 1. The van der Waals surface area contributed by atoms with Gasteiger partial charge in [0.2, 0.25) is 5.89 Å². The van der Waals surface area contributed by atoms with Gasteiger partial charge in [0, 0.05) is 11.6 Å². The molecule has 26 heavy (non-hydrogen) atoms. The van der Waals surface area contributed by atoms with E-state index in [4.69, 9.17) is 9.15 Å². The van der Waals surface area contributed by atoms with Gasteiger partial charge in [0.25, 0.3) is 0 Å². The predicted octanol–water partition coefficient (Wildman–Crippen LogP) is 4.78. The molecule has 3 aromatic carbocycles. The topological polar surface area (TPSA) is 52.3 Å². The molecule has 4 rings (SSSR count). The number of ether oxygens (including phenoxy) is 1. The molecule has 0 saturated heterocycles. The lowest BCUT2D eigenvalue weighted by Crippen LogP contribution is -2.12. The summed E-state index contributed by atoms with van der Waals surface area (Å²) in [6, 6.07) is 20.6. The number of nitrogens with zero attached hydrogens (tertiary/aromatic N) is 1. The van der Waals surface area contributed by atoms with Crippen molar-refractivity contribution in [2.75, 3.05) is 0 Å². The highest BCUT2D eigenvalue weighted by Crippen LogP contribution is 2.27. The maximum Gasteiger partial charge on any atom is 0.315 e. The van der Waals surface area contributed by atoms with E-state index in [-0.39, 0.29) is 6.42 Å². The van der Waals surface area contributed by atoms with Crippen LogP contribution < -0.4 is 4.74 Å². The van der Waals surface area contributed by atoms with Gasteiger partial charge in [-0.1, -0.05) is 36.4 Å². The van der Waals surface area contributed by atoms with Crippen LogP contribution in [0.15, 0.2) is 77.2 Å². The fourth-order valence-corrected chi connectivity index (χ4v) is 2.64. The number of esters is 1. The molecule has 4 aromatic rings. The standard InChI is InChI=1S/C21H14FNO3/c22-17-9-5-4-8-15(17)12-20(24)25-16-10-11-18-19(13-16)26-21(23-18)14-6-2-1-3-7-14/h1-11,13H,12H2. The van der Waals surface area contributed by atoms with Crippen LogP contribution in [-0.4, -0.2) is 11.0 Å². The Kier molecular flexibility index (Phi) is 4.19. The van der Waals surface area contributed by atoms with E-state index in [1.54, 1.807) is 36.4 Å². The summed E-state index contributed by atoms with van der Waals surface area (Å²) in [5.74, 6) is -0.148. The molecule has 128 valence electrons. The van der Waals surface area contributed by atoms with E-state index in [1.807, 2.05) is 30.3 Å². The minimum absolute atomic E-state index is 0.142. The second-order valence-electron chi connectivity index (χ2n) is 5.76. The second-order valence-corrected chi connectivity index (χ2v) is 5.76. The van der Waals surface area contributed by atoms with Gasteiger partial charge in [-0.15, -0.1) is 0 Å². The summed E-state index contributed by atoms with van der Waals surface area (Å²) < 4.78 is 24.7. The van der Waals surface area contributed by atoms with Crippen LogP contribution in [0.5, 0.6) is 5.75 Å². The monoisotopic (exact) mass is 347 g/mol. The summed E-state index contributed by atoms with van der Waals surface area (Å²) in [5.41, 5.74) is 2.34. The van der Waals surface area contributed by atoms with Crippen molar-refractivity contribution in [3.05, 3.63) is 84.2 Å². The average molecular weight is 347 g/mol. The molecule has 4 nitrogen and oxygen atoms in total. The quantitative estimate of drug-likeness (QED) is 0.394. The van der Waals surface area contributed by atoms with E-state index in [9.17, 15) is 9.18 Å². The molecule has 0 bridgehead atoms. The van der Waals surface area contributed by atoms with Crippen molar-refractivity contribution in [2.45, 2.75) is 6.42 Å². The largest absolute Gasteiger partial charge is 0.436 e. The molecule has 0 aliphatic carbocycles. The second kappa shape index (κ2) is 6.80. The number of carbonyl (C=O) groups excluding carboxylic acids is 1. The van der Waals surface area contributed by atoms with Crippen molar-refractivity contribution in [3.8, 4) is 17.2 Å². The molecule has 1 aromatic heterocycles. The normalized spacial score (nSPS) is 10.8. The van der Waals surface area contributed by atoms with Crippen molar-refractivity contribution >= 4 is 17.1 Å². The van der Waals surface area contributed by atoms with Gasteiger partial charge in [-0.25, -0.2) is 9.37 Å². The molecule has 0 N–H and O–H groups in total. The van der Waals surface area contributed by atoms with Crippen molar-refractivity contribution in [1.82, 2.24) is 4.98 Å². The number of oxazole rings is 1. The van der Waals surface area contributed by atoms with E-state index in [0.29, 0.717) is 28.3 Å². The van der Waals surface area contributed by atoms with Crippen LogP contribution >= 0.6 is 0 Å². The van der Waals surface area contributed by atoms with E-state index in [0.717, 1.165) is 5.56 Å². The lowest BCUT2D eigenvalue weighted by Gasteiger charge is -2.05. The third kappa shape index (κ3) is 3.32. The molecule has 0 radical (unpaired) electrons. The van der Waals surface area contributed by atoms with Crippen LogP contribution in [0.2, 0.25) is 0 Å². The minimum atomic E-state index is -0.544. The molecule has 0 aliphatic rings. The fraction of sp³-hybridized carbons (Fsp3) is 0.0476. The van der Waals surface area contributed by atoms with Gasteiger partial charge < -0.3 is 9.15 Å². The van der Waals surface area contributed by atoms with Crippen molar-refractivity contribution in [3.63, 3.8) is 0 Å². The van der Waals surface area contributed by atoms with Crippen molar-refractivity contribution < 1.29 is 18.3 Å². The van der Waals surface area contributed by atoms with E-state index < -0.39 is 11.8 Å². The maximum absolute atomic E-state index is 13.6. The molecular formula is C21H14FNO3. The first kappa shape index (κ1) is 16.0. The lowest BCUT2D eigenvalue weighted by molar-refractivity contribution is -0.133. The van der Waals surface area contributed by atoms with Crippen LogP contribution in [0, 0.1) is 5.82 Å². The summed E-state index contributed by atoms with van der Waals surface area (Å²) in [4.78, 5) is 16.5. The minimum Gasteiger partial charge on any atom is -0.436 e. The zero-order chi connectivity index (χ0) is 17.9. The Hall–Kier alpha value is -3.47. The highest BCUT2D eigenvalue weighted by atomic mass is 19.1.